The van der Waals surface area contributed by atoms with Crippen LogP contribution < -0.4 is 4.74 Å². The molecule has 0 fully saturated rings. The average Bonchev–Trinajstić information content (AvgIpc) is 3.36. The molecule has 0 amide bonds. The Hall–Kier alpha value is -1.91. The summed E-state index contributed by atoms with van der Waals surface area (Å²) in [6.45, 7) is 4.22. The Bertz CT molecular complexity index is 1130. The van der Waals surface area contributed by atoms with Gasteiger partial charge in [0.1, 0.15) is 12.4 Å². The number of hydrogen-bond acceptors (Lipinski definition) is 6. The van der Waals surface area contributed by atoms with Gasteiger partial charge < -0.3 is 9.29 Å². The smallest absolute Gasteiger partial charge is 0.322 e. The lowest BCUT2D eigenvalue weighted by atomic mass is 10.2. The third-order valence-corrected chi connectivity index (χ3v) is 7.66. The fourth-order valence-electron chi connectivity index (χ4n) is 3.18. The maximum Gasteiger partial charge on any atom is 0.322 e. The van der Waals surface area contributed by atoms with Crippen molar-refractivity contribution in [2.24, 2.45) is 0 Å². The van der Waals surface area contributed by atoms with Crippen LogP contribution in [0.15, 0.2) is 57.6 Å². The number of aromatic nitrogens is 3. The molecule has 9 heteroatoms. The first kappa shape index (κ1) is 22.3. The summed E-state index contributed by atoms with van der Waals surface area (Å²) in [4.78, 5) is 15.6. The molecule has 3 aromatic heterocycles. The van der Waals surface area contributed by atoms with Gasteiger partial charge in [-0.1, -0.05) is 12.1 Å². The molecule has 4 aromatic rings. The van der Waals surface area contributed by atoms with E-state index in [4.69, 9.17) is 4.74 Å². The summed E-state index contributed by atoms with van der Waals surface area (Å²) in [6.07, 6.45) is 1.71. The predicted octanol–water partition coefficient (Wildman–Crippen LogP) is 4.91. The Labute approximate surface area is 197 Å². The van der Waals surface area contributed by atoms with E-state index in [-0.39, 0.29) is 5.75 Å². The predicted molar refractivity (Wildman–Crippen MR) is 129 cm³/mol. The molecule has 6 nitrogen and oxygen atoms in total. The van der Waals surface area contributed by atoms with Crippen molar-refractivity contribution in [3.8, 4) is 5.75 Å². The minimum absolute atomic E-state index is 0.288. The minimum atomic E-state index is -1.31. The number of thiophene rings is 1. The first-order valence-corrected chi connectivity index (χ1v) is 12.8. The van der Waals surface area contributed by atoms with Crippen molar-refractivity contribution in [3.63, 3.8) is 0 Å². The molecule has 1 unspecified atom stereocenters. The van der Waals surface area contributed by atoms with Crippen molar-refractivity contribution in [2.75, 3.05) is 20.2 Å². The summed E-state index contributed by atoms with van der Waals surface area (Å²) >= 11 is 3.93. The number of aromatic amines is 1. The minimum Gasteiger partial charge on any atom is -0.609 e. The Morgan fingerprint density at radius 3 is 2.84 bits per heavy atom. The maximum atomic E-state index is 12.9. The summed E-state index contributed by atoms with van der Waals surface area (Å²) in [6, 6.07) is 13.7. The van der Waals surface area contributed by atoms with E-state index < -0.39 is 11.2 Å². The molecule has 31 heavy (non-hydrogen) atoms. The van der Waals surface area contributed by atoms with Crippen LogP contribution in [0.2, 0.25) is 0 Å². The molecule has 1 N–H and O–H groups in total. The molecule has 4 rings (SSSR count). The molecule has 0 aliphatic carbocycles. The first-order chi connectivity index (χ1) is 15.0. The van der Waals surface area contributed by atoms with Crippen LogP contribution in [0, 0.1) is 6.92 Å². The van der Waals surface area contributed by atoms with Gasteiger partial charge in [-0.05, 0) is 60.2 Å². The average molecular weight is 519 g/mol. The topological polar surface area (TPSA) is 77.1 Å². The highest BCUT2D eigenvalue weighted by Gasteiger charge is 2.20. The molecule has 0 bridgehead atoms. The van der Waals surface area contributed by atoms with E-state index in [0.29, 0.717) is 11.8 Å². The maximum absolute atomic E-state index is 12.9. The van der Waals surface area contributed by atoms with Crippen LogP contribution in [-0.2, 0) is 23.5 Å². The summed E-state index contributed by atoms with van der Waals surface area (Å²) in [5, 5.41) is 0.468. The molecule has 1 atom stereocenters. The van der Waals surface area contributed by atoms with Crippen LogP contribution in [0.1, 0.15) is 16.1 Å². The molecule has 0 saturated heterocycles. The van der Waals surface area contributed by atoms with Gasteiger partial charge in [0.15, 0.2) is 5.75 Å². The lowest BCUT2D eigenvalue weighted by Crippen LogP contribution is -2.23. The van der Waals surface area contributed by atoms with Gasteiger partial charge in [-0.25, -0.2) is 0 Å². The van der Waals surface area contributed by atoms with Gasteiger partial charge in [0.2, 0.25) is 0 Å². The number of H-pyrrole nitrogens is 1. The molecule has 1 aromatic carbocycles. The van der Waals surface area contributed by atoms with E-state index in [1.54, 1.807) is 17.5 Å². The second-order valence-electron chi connectivity index (χ2n) is 7.22. The van der Waals surface area contributed by atoms with Crippen LogP contribution in [0.5, 0.6) is 5.75 Å². The van der Waals surface area contributed by atoms with Crippen molar-refractivity contribution >= 4 is 49.5 Å². The zero-order chi connectivity index (χ0) is 21.8. The normalized spacial score (nSPS) is 12.5. The zero-order valence-corrected chi connectivity index (χ0v) is 20.5. The highest BCUT2D eigenvalue weighted by Crippen LogP contribution is 2.25. The van der Waals surface area contributed by atoms with Crippen LogP contribution >= 0.6 is 27.3 Å². The van der Waals surface area contributed by atoms with Crippen molar-refractivity contribution in [1.29, 1.82) is 0 Å². The summed E-state index contributed by atoms with van der Waals surface area (Å²) in [5.41, 5.74) is 3.36. The Kier molecular flexibility index (Phi) is 7.29. The highest BCUT2D eigenvalue weighted by atomic mass is 79.9. The second kappa shape index (κ2) is 10.1. The van der Waals surface area contributed by atoms with Crippen molar-refractivity contribution < 1.29 is 9.29 Å². The van der Waals surface area contributed by atoms with E-state index >= 15 is 0 Å². The first-order valence-electron chi connectivity index (χ1n) is 9.83. The number of fused-ring (bicyclic) bond motifs is 1. The number of para-hydroxylation sites is 2. The Balaban J connectivity index is 1.35. The third-order valence-electron chi connectivity index (χ3n) is 4.90. The number of nitrogens with zero attached hydrogens (tertiary/aromatic N) is 3. The zero-order valence-electron chi connectivity index (χ0n) is 17.3. The fraction of sp³-hybridized carbons (Fsp3) is 0.273. The summed E-state index contributed by atoms with van der Waals surface area (Å²) in [7, 11) is 2.08. The number of hydrogen-bond donors (Lipinski definition) is 1. The molecule has 3 heterocycles. The largest absolute Gasteiger partial charge is 0.609 e. The van der Waals surface area contributed by atoms with E-state index in [1.807, 2.05) is 37.3 Å². The fourth-order valence-corrected chi connectivity index (χ4v) is 5.85. The summed E-state index contributed by atoms with van der Waals surface area (Å²) < 4.78 is 20.0. The number of rotatable bonds is 9. The number of likely N-dealkylation sites (N-methyl/N-ethyl adjacent to an activating group) is 1. The molecule has 0 spiro atoms. The number of pyridine rings is 1. The van der Waals surface area contributed by atoms with Gasteiger partial charge in [-0.3, -0.25) is 14.9 Å². The standard InChI is InChI=1S/C22H23BrN4O2S2/c1-15-19(14-31(28)22-25-17-5-3-4-6-18(17)26-22)24-10-9-20(15)29-12-11-27(2)13-16-7-8-21(23)30-16/h3-10H,11-14H2,1-2H3,(H,25,26). The van der Waals surface area contributed by atoms with Crippen LogP contribution in [0.25, 0.3) is 11.0 Å². The second-order valence-corrected chi connectivity index (χ2v) is 11.1. The van der Waals surface area contributed by atoms with Crippen LogP contribution in [0.3, 0.4) is 0 Å². The molecular formula is C22H23BrN4O2S2. The van der Waals surface area contributed by atoms with Crippen LogP contribution in [-0.4, -0.2) is 44.6 Å². The molecule has 0 aliphatic rings. The van der Waals surface area contributed by atoms with E-state index in [9.17, 15) is 4.55 Å². The van der Waals surface area contributed by atoms with Gasteiger partial charge in [0.05, 0.1) is 20.5 Å². The van der Waals surface area contributed by atoms with Gasteiger partial charge in [-0.2, -0.15) is 4.98 Å². The van der Waals surface area contributed by atoms with E-state index in [0.717, 1.165) is 44.9 Å². The molecule has 0 radical (unpaired) electrons. The van der Waals surface area contributed by atoms with Gasteiger partial charge in [0, 0.05) is 40.9 Å². The molecule has 0 saturated carbocycles. The number of imidazole rings is 1. The van der Waals surface area contributed by atoms with Crippen molar-refractivity contribution in [3.05, 3.63) is 68.6 Å². The summed E-state index contributed by atoms with van der Waals surface area (Å²) in [5.74, 6) is 1.06. The van der Waals surface area contributed by atoms with Gasteiger partial charge in [0.25, 0.3) is 0 Å². The number of benzene rings is 1. The lowest BCUT2D eigenvalue weighted by Gasteiger charge is -2.17. The highest BCUT2D eigenvalue weighted by molar-refractivity contribution is 9.11. The SMILES string of the molecule is Cc1c(OCCN(C)Cc2ccc(Br)s2)ccnc1C[S+]([O-])c1nc2ccccc2[nH]1. The Morgan fingerprint density at radius 2 is 2.06 bits per heavy atom. The van der Waals surface area contributed by atoms with Gasteiger partial charge in [-0.15, -0.1) is 11.3 Å². The quantitative estimate of drug-likeness (QED) is 0.318. The monoisotopic (exact) mass is 518 g/mol. The molecule has 162 valence electrons. The van der Waals surface area contributed by atoms with Crippen LogP contribution in [0.4, 0.5) is 0 Å². The number of nitrogens with one attached hydrogen (secondary N) is 1. The van der Waals surface area contributed by atoms with Crippen molar-refractivity contribution in [2.45, 2.75) is 24.4 Å². The van der Waals surface area contributed by atoms with Gasteiger partial charge >= 0.3 is 5.16 Å². The number of ether oxygens (including phenoxy) is 1. The Morgan fingerprint density at radius 1 is 1.23 bits per heavy atom. The number of halogens is 1. The van der Waals surface area contributed by atoms with Crippen molar-refractivity contribution in [1.82, 2.24) is 19.9 Å². The molecule has 0 aliphatic heterocycles. The van der Waals surface area contributed by atoms with E-state index in [1.165, 1.54) is 4.88 Å². The van der Waals surface area contributed by atoms with E-state index in [2.05, 4.69) is 55.0 Å². The third kappa shape index (κ3) is 5.67. The lowest BCUT2D eigenvalue weighted by molar-refractivity contribution is 0.233. The molecular weight excluding hydrogens is 496 g/mol.